The zero-order valence-electron chi connectivity index (χ0n) is 14.4. The molecule has 2 amide bonds. The summed E-state index contributed by atoms with van der Waals surface area (Å²) in [5, 5.41) is 7.16. The van der Waals surface area contributed by atoms with Gasteiger partial charge in [0.1, 0.15) is 6.54 Å². The summed E-state index contributed by atoms with van der Waals surface area (Å²) in [5.41, 5.74) is 0.145. The lowest BCUT2D eigenvalue weighted by atomic mass is 9.95. The van der Waals surface area contributed by atoms with E-state index in [1.165, 1.54) is 11.3 Å². The van der Waals surface area contributed by atoms with E-state index in [0.29, 0.717) is 11.5 Å². The van der Waals surface area contributed by atoms with Crippen LogP contribution in [0.5, 0.6) is 0 Å². The number of benzene rings is 1. The number of carbonyl (C=O) groups is 2. The zero-order valence-corrected chi connectivity index (χ0v) is 14.4. The second-order valence-electron chi connectivity index (χ2n) is 6.80. The Morgan fingerprint density at radius 1 is 1.12 bits per heavy atom. The fourth-order valence-corrected chi connectivity index (χ4v) is 3.65. The number of hydrogen-bond acceptors (Lipinski definition) is 4. The van der Waals surface area contributed by atoms with E-state index in [-0.39, 0.29) is 25.0 Å². The summed E-state index contributed by atoms with van der Waals surface area (Å²) < 4.78 is 2.12. The molecule has 1 fully saturated rings. The second-order valence-corrected chi connectivity index (χ2v) is 6.80. The number of aromatic nitrogens is 3. The fourth-order valence-electron chi connectivity index (χ4n) is 3.65. The summed E-state index contributed by atoms with van der Waals surface area (Å²) in [4.78, 5) is 38.8. The molecule has 0 atom stereocenters. The topological polar surface area (TPSA) is 89.2 Å². The summed E-state index contributed by atoms with van der Waals surface area (Å²) in [6.45, 7) is 0.0588. The van der Waals surface area contributed by atoms with Gasteiger partial charge in [-0.25, -0.2) is 14.3 Å². The molecule has 2 heterocycles. The predicted molar refractivity (Wildman–Crippen MR) is 94.9 cm³/mol. The molecule has 1 aromatic heterocycles. The van der Waals surface area contributed by atoms with E-state index in [0.717, 1.165) is 34.9 Å². The van der Waals surface area contributed by atoms with E-state index in [4.69, 9.17) is 0 Å². The maximum absolute atomic E-state index is 12.6. The number of rotatable bonds is 4. The first-order valence-corrected chi connectivity index (χ1v) is 8.98. The number of para-hydroxylation sites is 1. The van der Waals surface area contributed by atoms with E-state index in [1.807, 2.05) is 18.2 Å². The summed E-state index contributed by atoms with van der Waals surface area (Å²) in [5.74, 6) is 0.123. The zero-order chi connectivity index (χ0) is 18.1. The van der Waals surface area contributed by atoms with Crippen molar-refractivity contribution in [1.29, 1.82) is 0 Å². The number of nitrogens with zero attached hydrogens (tertiary/aromatic N) is 4. The third-order valence-corrected chi connectivity index (χ3v) is 4.96. The lowest BCUT2D eigenvalue weighted by molar-refractivity contribution is -0.122. The SMILES string of the molecule is O=C(Cn1nc2n(c1=O)C(=O)N(c1ccccc1)C2)NC1CCCCC1. The first-order valence-electron chi connectivity index (χ1n) is 8.98. The molecular formula is C18H21N5O3. The monoisotopic (exact) mass is 355 g/mol. The van der Waals surface area contributed by atoms with Crippen molar-refractivity contribution in [2.45, 2.75) is 51.2 Å². The Labute approximate surface area is 150 Å². The maximum atomic E-state index is 12.6. The van der Waals surface area contributed by atoms with Crippen LogP contribution in [0.25, 0.3) is 0 Å². The molecule has 136 valence electrons. The predicted octanol–water partition coefficient (Wildman–Crippen LogP) is 1.48. The Morgan fingerprint density at radius 3 is 2.54 bits per heavy atom. The van der Waals surface area contributed by atoms with Crippen molar-refractivity contribution in [1.82, 2.24) is 19.7 Å². The van der Waals surface area contributed by atoms with E-state index in [2.05, 4.69) is 10.4 Å². The van der Waals surface area contributed by atoms with Gasteiger partial charge in [-0.2, -0.15) is 9.67 Å². The lowest BCUT2D eigenvalue weighted by Crippen LogP contribution is -2.41. The molecule has 1 saturated carbocycles. The molecule has 0 bridgehead atoms. The summed E-state index contributed by atoms with van der Waals surface area (Å²) in [7, 11) is 0. The number of hydrogen-bond donors (Lipinski definition) is 1. The van der Waals surface area contributed by atoms with Crippen LogP contribution in [0.1, 0.15) is 37.9 Å². The summed E-state index contributed by atoms with van der Waals surface area (Å²) in [6, 6.07) is 8.88. The first kappa shape index (κ1) is 16.6. The normalized spacial score (nSPS) is 17.4. The Hall–Kier alpha value is -2.90. The molecule has 4 rings (SSSR count). The van der Waals surface area contributed by atoms with Crippen LogP contribution in [0.2, 0.25) is 0 Å². The van der Waals surface area contributed by atoms with Gasteiger partial charge in [0.05, 0.1) is 6.54 Å². The van der Waals surface area contributed by atoms with Crippen molar-refractivity contribution in [2.24, 2.45) is 0 Å². The average Bonchev–Trinajstić information content (AvgIpc) is 3.13. The first-order chi connectivity index (χ1) is 12.6. The van der Waals surface area contributed by atoms with Crippen LogP contribution in [0.4, 0.5) is 10.5 Å². The van der Waals surface area contributed by atoms with Gasteiger partial charge >= 0.3 is 11.7 Å². The van der Waals surface area contributed by atoms with Crippen molar-refractivity contribution in [2.75, 3.05) is 4.90 Å². The molecule has 8 nitrogen and oxygen atoms in total. The molecule has 2 aliphatic rings. The van der Waals surface area contributed by atoms with Crippen molar-refractivity contribution in [3.05, 3.63) is 46.6 Å². The van der Waals surface area contributed by atoms with Gasteiger partial charge in [0.15, 0.2) is 5.82 Å². The minimum Gasteiger partial charge on any atom is -0.352 e. The number of fused-ring (bicyclic) bond motifs is 1. The molecule has 1 N–H and O–H groups in total. The van der Waals surface area contributed by atoms with E-state index < -0.39 is 11.7 Å². The van der Waals surface area contributed by atoms with Gasteiger partial charge in [-0.1, -0.05) is 37.5 Å². The largest absolute Gasteiger partial charge is 0.354 e. The Morgan fingerprint density at radius 2 is 1.85 bits per heavy atom. The van der Waals surface area contributed by atoms with Gasteiger partial charge in [0.2, 0.25) is 5.91 Å². The molecule has 0 spiro atoms. The highest BCUT2D eigenvalue weighted by molar-refractivity contribution is 5.96. The van der Waals surface area contributed by atoms with Gasteiger partial charge in [0.25, 0.3) is 0 Å². The standard InChI is InChI=1S/C18H21N5O3/c24-16(19-13-7-3-1-4-8-13)12-22-18(26)23-15(20-22)11-21(17(23)25)14-9-5-2-6-10-14/h2,5-6,9-10,13H,1,3-4,7-8,11-12H2,(H,19,24). The lowest BCUT2D eigenvalue weighted by Gasteiger charge is -2.22. The molecule has 2 aromatic rings. The smallest absolute Gasteiger partial charge is 0.352 e. The third kappa shape index (κ3) is 3.02. The molecule has 1 aliphatic carbocycles. The third-order valence-electron chi connectivity index (χ3n) is 4.96. The van der Waals surface area contributed by atoms with E-state index >= 15 is 0 Å². The highest BCUT2D eigenvalue weighted by atomic mass is 16.2. The second kappa shape index (κ2) is 6.78. The number of amides is 2. The van der Waals surface area contributed by atoms with Crippen LogP contribution in [0.3, 0.4) is 0 Å². The molecule has 8 heteroatoms. The minimum atomic E-state index is -0.567. The van der Waals surface area contributed by atoms with E-state index in [1.54, 1.807) is 12.1 Å². The van der Waals surface area contributed by atoms with Gasteiger partial charge in [-0.15, -0.1) is 0 Å². The Kier molecular flexibility index (Phi) is 4.32. The molecule has 1 aliphatic heterocycles. The van der Waals surface area contributed by atoms with Crippen molar-refractivity contribution in [3.63, 3.8) is 0 Å². The van der Waals surface area contributed by atoms with Crippen molar-refractivity contribution in [3.8, 4) is 0 Å². The Balaban J connectivity index is 1.47. The van der Waals surface area contributed by atoms with Crippen LogP contribution < -0.4 is 15.9 Å². The highest BCUT2D eigenvalue weighted by Crippen LogP contribution is 2.21. The average molecular weight is 355 g/mol. The summed E-state index contributed by atoms with van der Waals surface area (Å²) in [6.07, 6.45) is 5.40. The van der Waals surface area contributed by atoms with Crippen LogP contribution in [-0.4, -0.2) is 32.3 Å². The Bertz CT molecular complexity index is 880. The number of carbonyl (C=O) groups excluding carboxylic acids is 2. The number of nitrogens with one attached hydrogen (secondary N) is 1. The van der Waals surface area contributed by atoms with Gasteiger partial charge in [0, 0.05) is 11.7 Å². The highest BCUT2D eigenvalue weighted by Gasteiger charge is 2.33. The van der Waals surface area contributed by atoms with Crippen molar-refractivity contribution < 1.29 is 9.59 Å². The fraction of sp³-hybridized carbons (Fsp3) is 0.444. The molecule has 26 heavy (non-hydrogen) atoms. The molecule has 0 saturated heterocycles. The quantitative estimate of drug-likeness (QED) is 0.900. The molecule has 0 unspecified atom stereocenters. The van der Waals surface area contributed by atoms with Gasteiger partial charge in [-0.3, -0.25) is 9.69 Å². The molecule has 0 radical (unpaired) electrons. The minimum absolute atomic E-state index is 0.159. The van der Waals surface area contributed by atoms with E-state index in [9.17, 15) is 14.4 Å². The molecular weight excluding hydrogens is 334 g/mol. The van der Waals surface area contributed by atoms with Crippen LogP contribution in [0, 0.1) is 0 Å². The van der Waals surface area contributed by atoms with Crippen LogP contribution >= 0.6 is 0 Å². The number of anilines is 1. The maximum Gasteiger partial charge on any atom is 0.354 e. The molecule has 1 aromatic carbocycles. The summed E-state index contributed by atoms with van der Waals surface area (Å²) >= 11 is 0. The van der Waals surface area contributed by atoms with Gasteiger partial charge in [-0.05, 0) is 25.0 Å². The van der Waals surface area contributed by atoms with Gasteiger partial charge < -0.3 is 5.32 Å². The van der Waals surface area contributed by atoms with Crippen LogP contribution in [0.15, 0.2) is 35.1 Å². The van der Waals surface area contributed by atoms with Crippen LogP contribution in [-0.2, 0) is 17.9 Å². The van der Waals surface area contributed by atoms with Crippen molar-refractivity contribution >= 4 is 17.6 Å².